The minimum atomic E-state index is -0.656. The molecule has 0 saturated carbocycles. The van der Waals surface area contributed by atoms with Crippen LogP contribution in [0, 0.1) is 0 Å². The van der Waals surface area contributed by atoms with Gasteiger partial charge in [-0.1, -0.05) is 30.3 Å². The van der Waals surface area contributed by atoms with Crippen LogP contribution in [0.25, 0.3) is 16.6 Å². The molecule has 0 fully saturated rings. The second-order valence-corrected chi connectivity index (χ2v) is 7.16. The van der Waals surface area contributed by atoms with Crippen molar-refractivity contribution in [2.75, 3.05) is 0 Å². The van der Waals surface area contributed by atoms with E-state index in [1.165, 1.54) is 6.92 Å². The van der Waals surface area contributed by atoms with Crippen molar-refractivity contribution in [1.82, 2.24) is 25.4 Å². The van der Waals surface area contributed by atoms with E-state index >= 15 is 0 Å². The Morgan fingerprint density at radius 1 is 1.13 bits per heavy atom. The summed E-state index contributed by atoms with van der Waals surface area (Å²) in [7, 11) is 0. The Balaban J connectivity index is 1.46. The number of rotatable bonds is 7. The third-order valence-electron chi connectivity index (χ3n) is 4.94. The number of H-pyrrole nitrogens is 1. The molecule has 2 heterocycles. The topological polar surface area (TPSA) is 91.8 Å². The fourth-order valence-corrected chi connectivity index (χ4v) is 3.52. The molecular weight excluding hydrogens is 378 g/mol. The summed E-state index contributed by atoms with van der Waals surface area (Å²) in [6.07, 6.45) is 5.88. The Morgan fingerprint density at radius 2 is 2.00 bits per heavy atom. The standard InChI is InChI=1S/C23H23N5O2/c1-16(29)27-22(13-18-15-24-21-9-3-2-8-20(18)21)23(30)25-14-17-6-4-7-19(12-17)28-11-5-10-26-28/h2-12,15,22,24H,13-14H2,1H3,(H,25,30)(H,27,29). The van der Waals surface area contributed by atoms with Crippen molar-refractivity contribution in [3.8, 4) is 5.69 Å². The highest BCUT2D eigenvalue weighted by atomic mass is 16.2. The molecule has 0 aliphatic carbocycles. The maximum absolute atomic E-state index is 12.9. The minimum absolute atomic E-state index is 0.222. The zero-order chi connectivity index (χ0) is 20.9. The van der Waals surface area contributed by atoms with Crippen LogP contribution in [0.2, 0.25) is 0 Å². The molecule has 2 amide bonds. The Bertz CT molecular complexity index is 1160. The van der Waals surface area contributed by atoms with Crippen LogP contribution >= 0.6 is 0 Å². The van der Waals surface area contributed by atoms with Gasteiger partial charge in [0, 0.05) is 49.4 Å². The average molecular weight is 401 g/mol. The molecule has 4 aromatic rings. The van der Waals surface area contributed by atoms with Crippen molar-refractivity contribution in [3.05, 3.63) is 84.3 Å². The largest absolute Gasteiger partial charge is 0.361 e. The second-order valence-electron chi connectivity index (χ2n) is 7.16. The summed E-state index contributed by atoms with van der Waals surface area (Å²) in [6.45, 7) is 1.78. The van der Waals surface area contributed by atoms with Gasteiger partial charge < -0.3 is 15.6 Å². The molecule has 1 unspecified atom stereocenters. The van der Waals surface area contributed by atoms with Crippen molar-refractivity contribution in [2.45, 2.75) is 25.9 Å². The van der Waals surface area contributed by atoms with E-state index in [0.717, 1.165) is 27.7 Å². The summed E-state index contributed by atoms with van der Waals surface area (Å²) in [5.41, 5.74) is 3.86. The zero-order valence-electron chi connectivity index (χ0n) is 16.6. The number of amides is 2. The molecule has 0 aliphatic heterocycles. The molecule has 0 spiro atoms. The molecule has 4 rings (SSSR count). The normalized spacial score (nSPS) is 11.9. The van der Waals surface area contributed by atoms with Crippen molar-refractivity contribution in [1.29, 1.82) is 0 Å². The van der Waals surface area contributed by atoms with Crippen LogP contribution in [0.1, 0.15) is 18.1 Å². The van der Waals surface area contributed by atoms with Gasteiger partial charge in [0.25, 0.3) is 0 Å². The number of benzene rings is 2. The highest BCUT2D eigenvalue weighted by molar-refractivity contribution is 5.89. The summed E-state index contributed by atoms with van der Waals surface area (Å²) in [4.78, 5) is 27.8. The van der Waals surface area contributed by atoms with Crippen LogP contribution in [0.15, 0.2) is 73.2 Å². The number of hydrogen-bond acceptors (Lipinski definition) is 3. The van der Waals surface area contributed by atoms with Gasteiger partial charge in [0.1, 0.15) is 6.04 Å². The Labute approximate surface area is 174 Å². The molecule has 0 saturated heterocycles. The van der Waals surface area contributed by atoms with Gasteiger partial charge in [0.2, 0.25) is 11.8 Å². The van der Waals surface area contributed by atoms with Gasteiger partial charge in [-0.25, -0.2) is 4.68 Å². The van der Waals surface area contributed by atoms with E-state index < -0.39 is 6.04 Å². The first-order chi connectivity index (χ1) is 14.6. The number of aromatic amines is 1. The van der Waals surface area contributed by atoms with Gasteiger partial charge >= 0.3 is 0 Å². The number of hydrogen-bond donors (Lipinski definition) is 3. The van der Waals surface area contributed by atoms with E-state index in [1.807, 2.05) is 67.0 Å². The number of nitrogens with zero attached hydrogens (tertiary/aromatic N) is 2. The molecule has 1 atom stereocenters. The van der Waals surface area contributed by atoms with Gasteiger partial charge in [-0.3, -0.25) is 9.59 Å². The lowest BCUT2D eigenvalue weighted by atomic mass is 10.0. The molecule has 7 heteroatoms. The Kier molecular flexibility index (Phi) is 5.61. The SMILES string of the molecule is CC(=O)NC(Cc1c[nH]c2ccccc12)C(=O)NCc1cccc(-n2cccn2)c1. The first kappa shape index (κ1) is 19.4. The van der Waals surface area contributed by atoms with Crippen LogP contribution in [-0.2, 0) is 22.6 Å². The lowest BCUT2D eigenvalue weighted by molar-refractivity contribution is -0.128. The van der Waals surface area contributed by atoms with E-state index in [-0.39, 0.29) is 11.8 Å². The van der Waals surface area contributed by atoms with Crippen LogP contribution < -0.4 is 10.6 Å². The van der Waals surface area contributed by atoms with Crippen molar-refractivity contribution >= 4 is 22.7 Å². The van der Waals surface area contributed by atoms with E-state index in [2.05, 4.69) is 20.7 Å². The van der Waals surface area contributed by atoms with Crippen LogP contribution in [-0.4, -0.2) is 32.6 Å². The summed E-state index contributed by atoms with van der Waals surface area (Å²) in [5, 5.41) is 11.0. The fraction of sp³-hybridized carbons (Fsp3) is 0.174. The predicted molar refractivity (Wildman–Crippen MR) is 115 cm³/mol. The number of carbonyl (C=O) groups excluding carboxylic acids is 2. The fourth-order valence-electron chi connectivity index (χ4n) is 3.52. The predicted octanol–water partition coefficient (Wildman–Crippen LogP) is 2.72. The lowest BCUT2D eigenvalue weighted by Crippen LogP contribution is -2.47. The quantitative estimate of drug-likeness (QED) is 0.445. The number of fused-ring (bicyclic) bond motifs is 1. The van der Waals surface area contributed by atoms with E-state index in [1.54, 1.807) is 10.9 Å². The summed E-state index contributed by atoms with van der Waals surface area (Å²) in [6, 6.07) is 16.9. The van der Waals surface area contributed by atoms with Crippen molar-refractivity contribution < 1.29 is 9.59 Å². The van der Waals surface area contributed by atoms with Crippen molar-refractivity contribution in [2.24, 2.45) is 0 Å². The Hall–Kier alpha value is -3.87. The Morgan fingerprint density at radius 3 is 2.80 bits per heavy atom. The van der Waals surface area contributed by atoms with E-state index in [0.29, 0.717) is 13.0 Å². The molecule has 2 aromatic heterocycles. The van der Waals surface area contributed by atoms with E-state index in [9.17, 15) is 9.59 Å². The van der Waals surface area contributed by atoms with Gasteiger partial charge in [-0.05, 0) is 35.4 Å². The monoisotopic (exact) mass is 401 g/mol. The maximum Gasteiger partial charge on any atom is 0.243 e. The maximum atomic E-state index is 12.9. The molecule has 3 N–H and O–H groups in total. The smallest absolute Gasteiger partial charge is 0.243 e. The first-order valence-electron chi connectivity index (χ1n) is 9.79. The van der Waals surface area contributed by atoms with Gasteiger partial charge in [0.05, 0.1) is 5.69 Å². The molecule has 0 bridgehead atoms. The zero-order valence-corrected chi connectivity index (χ0v) is 16.6. The molecule has 7 nitrogen and oxygen atoms in total. The number of carbonyl (C=O) groups is 2. The third-order valence-corrected chi connectivity index (χ3v) is 4.94. The highest BCUT2D eigenvalue weighted by Gasteiger charge is 2.21. The number of para-hydroxylation sites is 1. The van der Waals surface area contributed by atoms with Gasteiger partial charge in [0.15, 0.2) is 0 Å². The summed E-state index contributed by atoms with van der Waals surface area (Å²) >= 11 is 0. The van der Waals surface area contributed by atoms with Gasteiger partial charge in [-0.15, -0.1) is 0 Å². The molecule has 0 aliphatic rings. The molecular formula is C23H23N5O2. The first-order valence-corrected chi connectivity index (χ1v) is 9.79. The van der Waals surface area contributed by atoms with Gasteiger partial charge in [-0.2, -0.15) is 5.10 Å². The lowest BCUT2D eigenvalue weighted by Gasteiger charge is -2.18. The summed E-state index contributed by atoms with van der Waals surface area (Å²) < 4.78 is 1.77. The minimum Gasteiger partial charge on any atom is -0.361 e. The highest BCUT2D eigenvalue weighted by Crippen LogP contribution is 2.19. The molecule has 2 aromatic carbocycles. The number of aromatic nitrogens is 3. The van der Waals surface area contributed by atoms with Crippen molar-refractivity contribution in [3.63, 3.8) is 0 Å². The van der Waals surface area contributed by atoms with Crippen LogP contribution in [0.3, 0.4) is 0 Å². The molecule has 152 valence electrons. The summed E-state index contributed by atoms with van der Waals surface area (Å²) in [5.74, 6) is -0.462. The van der Waals surface area contributed by atoms with Crippen LogP contribution in [0.4, 0.5) is 0 Å². The van der Waals surface area contributed by atoms with E-state index in [4.69, 9.17) is 0 Å². The number of nitrogens with one attached hydrogen (secondary N) is 3. The molecule has 30 heavy (non-hydrogen) atoms. The second kappa shape index (κ2) is 8.65. The third kappa shape index (κ3) is 4.41. The van der Waals surface area contributed by atoms with Crippen LogP contribution in [0.5, 0.6) is 0 Å². The average Bonchev–Trinajstić information content (AvgIpc) is 3.42. The molecule has 0 radical (unpaired) electrons.